The molecule has 0 radical (unpaired) electrons. The second-order valence-corrected chi connectivity index (χ2v) is 7.20. The van der Waals surface area contributed by atoms with E-state index in [0.29, 0.717) is 19.0 Å². The van der Waals surface area contributed by atoms with Crippen molar-refractivity contribution in [3.63, 3.8) is 0 Å². The maximum atomic E-state index is 13.1. The topological polar surface area (TPSA) is 74.5 Å². The summed E-state index contributed by atoms with van der Waals surface area (Å²) in [5.74, 6) is 0.214. The number of amides is 1. The first kappa shape index (κ1) is 25.3. The molecule has 0 bridgehead atoms. The van der Waals surface area contributed by atoms with Gasteiger partial charge in [-0.1, -0.05) is 30.3 Å². The molecule has 0 aliphatic heterocycles. The number of nitrogens with zero attached hydrogens (tertiary/aromatic N) is 4. The van der Waals surface area contributed by atoms with E-state index in [1.165, 1.54) is 22.6 Å². The van der Waals surface area contributed by atoms with Crippen LogP contribution >= 0.6 is 24.0 Å². The highest BCUT2D eigenvalue weighted by Crippen LogP contribution is 2.09. The predicted octanol–water partition coefficient (Wildman–Crippen LogP) is 3.00. The van der Waals surface area contributed by atoms with Gasteiger partial charge in [0.05, 0.1) is 24.5 Å². The molecule has 0 unspecified atom stereocenters. The highest BCUT2D eigenvalue weighted by atomic mass is 127. The van der Waals surface area contributed by atoms with Crippen molar-refractivity contribution in [1.29, 1.82) is 0 Å². The van der Waals surface area contributed by atoms with E-state index in [9.17, 15) is 9.18 Å². The number of halogens is 2. The van der Waals surface area contributed by atoms with Crippen LogP contribution in [0.5, 0.6) is 0 Å². The van der Waals surface area contributed by atoms with Gasteiger partial charge in [0.2, 0.25) is 5.91 Å². The number of guanidine groups is 1. The zero-order valence-corrected chi connectivity index (χ0v) is 20.5. The van der Waals surface area contributed by atoms with Crippen LogP contribution in [0, 0.1) is 5.82 Å². The molecule has 9 heteroatoms. The van der Waals surface area contributed by atoms with Crippen molar-refractivity contribution in [2.24, 2.45) is 4.99 Å². The predicted molar refractivity (Wildman–Crippen MR) is 135 cm³/mol. The average molecular weight is 550 g/mol. The molecule has 0 saturated carbocycles. The minimum absolute atomic E-state index is 0. The molecule has 0 atom stereocenters. The van der Waals surface area contributed by atoms with Gasteiger partial charge in [0.15, 0.2) is 5.96 Å². The molecule has 0 spiro atoms. The van der Waals surface area contributed by atoms with E-state index < -0.39 is 0 Å². The fraction of sp³-hybridized carbons (Fsp3) is 0.261. The summed E-state index contributed by atoms with van der Waals surface area (Å²) >= 11 is 0. The summed E-state index contributed by atoms with van der Waals surface area (Å²) in [6, 6.07) is 18.1. The number of carbonyl (C=O) groups is 1. The van der Waals surface area contributed by atoms with E-state index >= 15 is 0 Å². The smallest absolute Gasteiger partial charge is 0.241 e. The lowest BCUT2D eigenvalue weighted by Gasteiger charge is -2.15. The third-order valence-corrected chi connectivity index (χ3v) is 4.59. The van der Waals surface area contributed by atoms with Crippen molar-refractivity contribution in [3.8, 4) is 5.69 Å². The van der Waals surface area contributed by atoms with Crippen LogP contribution in [0.1, 0.15) is 11.3 Å². The Labute approximate surface area is 204 Å². The summed E-state index contributed by atoms with van der Waals surface area (Å²) in [4.78, 5) is 18.0. The largest absolute Gasteiger partial charge is 0.356 e. The van der Waals surface area contributed by atoms with E-state index in [1.54, 1.807) is 30.9 Å². The van der Waals surface area contributed by atoms with Gasteiger partial charge in [-0.05, 0) is 42.3 Å². The number of likely N-dealkylation sites (N-methyl/N-ethyl adjacent to an activating group) is 1. The zero-order valence-electron chi connectivity index (χ0n) is 18.2. The van der Waals surface area contributed by atoms with Crippen LogP contribution < -0.4 is 10.6 Å². The van der Waals surface area contributed by atoms with Gasteiger partial charge in [-0.15, -0.1) is 24.0 Å². The highest BCUT2D eigenvalue weighted by Gasteiger charge is 2.07. The fourth-order valence-electron chi connectivity index (χ4n) is 2.81. The number of hydrogen-bond acceptors (Lipinski definition) is 3. The second-order valence-electron chi connectivity index (χ2n) is 7.20. The Balaban J connectivity index is 0.00000363. The van der Waals surface area contributed by atoms with Crippen LogP contribution in [-0.2, 0) is 17.8 Å². The van der Waals surface area contributed by atoms with Gasteiger partial charge in [0.25, 0.3) is 0 Å². The van der Waals surface area contributed by atoms with Gasteiger partial charge in [0.1, 0.15) is 5.82 Å². The normalized spacial score (nSPS) is 10.9. The van der Waals surface area contributed by atoms with Crippen LogP contribution in [0.25, 0.3) is 5.69 Å². The Morgan fingerprint density at radius 3 is 2.47 bits per heavy atom. The molecule has 0 aliphatic carbocycles. The number of benzene rings is 2. The molecule has 0 fully saturated rings. The molecule has 7 nitrogen and oxygen atoms in total. The number of nitrogens with one attached hydrogen (secondary N) is 2. The molecule has 32 heavy (non-hydrogen) atoms. The van der Waals surface area contributed by atoms with E-state index in [1.807, 2.05) is 30.5 Å². The standard InChI is InChI=1S/C23H27FN6O.HI/c1-29(2)22(31)17-27-23(25-14-12-18-6-4-3-5-7-18)26-16-20-13-15-30(28-20)21-10-8-19(24)9-11-21;/h3-11,13,15H,12,14,16-17H2,1-2H3,(H2,25,26,27);1H. The number of aliphatic imine (C=N–C) groups is 1. The van der Waals surface area contributed by atoms with Crippen LogP contribution in [0.15, 0.2) is 71.9 Å². The van der Waals surface area contributed by atoms with E-state index in [0.717, 1.165) is 17.8 Å². The maximum Gasteiger partial charge on any atom is 0.241 e. The van der Waals surface area contributed by atoms with E-state index in [4.69, 9.17) is 0 Å². The van der Waals surface area contributed by atoms with Gasteiger partial charge in [-0.3, -0.25) is 4.79 Å². The number of aromatic nitrogens is 2. The Bertz CT molecular complexity index is 1000. The lowest BCUT2D eigenvalue weighted by molar-refractivity contribution is -0.127. The van der Waals surface area contributed by atoms with Crippen LogP contribution in [-0.4, -0.2) is 53.7 Å². The van der Waals surface area contributed by atoms with Crippen molar-refractivity contribution in [2.45, 2.75) is 13.0 Å². The molecule has 1 heterocycles. The summed E-state index contributed by atoms with van der Waals surface area (Å²) in [6.07, 6.45) is 2.64. The molecular formula is C23H28FIN6O. The molecule has 1 amide bonds. The van der Waals surface area contributed by atoms with Gasteiger partial charge < -0.3 is 15.5 Å². The number of rotatable bonds is 8. The first-order chi connectivity index (χ1) is 15.0. The minimum atomic E-state index is -0.287. The fourth-order valence-corrected chi connectivity index (χ4v) is 2.81. The van der Waals surface area contributed by atoms with Crippen molar-refractivity contribution in [1.82, 2.24) is 25.3 Å². The summed E-state index contributed by atoms with van der Waals surface area (Å²) in [7, 11) is 3.43. The third-order valence-electron chi connectivity index (χ3n) is 4.59. The van der Waals surface area contributed by atoms with E-state index in [2.05, 4.69) is 32.9 Å². The third kappa shape index (κ3) is 7.95. The molecule has 1 aromatic heterocycles. The monoisotopic (exact) mass is 550 g/mol. The Hall–Kier alpha value is -2.95. The molecule has 2 N–H and O–H groups in total. The molecule has 3 aromatic rings. The lowest BCUT2D eigenvalue weighted by atomic mass is 10.1. The Morgan fingerprint density at radius 1 is 1.06 bits per heavy atom. The molecule has 3 rings (SSSR count). The molecule has 2 aromatic carbocycles. The van der Waals surface area contributed by atoms with Gasteiger partial charge in [-0.25, -0.2) is 14.1 Å². The molecular weight excluding hydrogens is 522 g/mol. The summed E-state index contributed by atoms with van der Waals surface area (Å²) in [5, 5.41) is 10.8. The Kier molecular flexibility index (Phi) is 10.1. The van der Waals surface area contributed by atoms with Gasteiger partial charge in [-0.2, -0.15) is 5.10 Å². The second kappa shape index (κ2) is 12.8. The highest BCUT2D eigenvalue weighted by molar-refractivity contribution is 14.0. The molecule has 0 aliphatic rings. The van der Waals surface area contributed by atoms with Crippen LogP contribution in [0.4, 0.5) is 4.39 Å². The average Bonchev–Trinajstić information content (AvgIpc) is 3.25. The first-order valence-corrected chi connectivity index (χ1v) is 10.1. The molecule has 0 saturated heterocycles. The minimum Gasteiger partial charge on any atom is -0.356 e. The summed E-state index contributed by atoms with van der Waals surface area (Å²) in [6.45, 7) is 1.16. The lowest BCUT2D eigenvalue weighted by Crippen LogP contribution is -2.43. The van der Waals surface area contributed by atoms with Crippen molar-refractivity contribution in [3.05, 3.63) is 83.9 Å². The van der Waals surface area contributed by atoms with Crippen molar-refractivity contribution < 1.29 is 9.18 Å². The van der Waals surface area contributed by atoms with Gasteiger partial charge >= 0.3 is 0 Å². The van der Waals surface area contributed by atoms with Crippen LogP contribution in [0.3, 0.4) is 0 Å². The van der Waals surface area contributed by atoms with Gasteiger partial charge in [0, 0.05) is 26.8 Å². The number of hydrogen-bond donors (Lipinski definition) is 2. The Morgan fingerprint density at radius 2 is 1.78 bits per heavy atom. The quantitative estimate of drug-likeness (QED) is 0.257. The first-order valence-electron chi connectivity index (χ1n) is 10.1. The maximum absolute atomic E-state index is 13.1. The van der Waals surface area contributed by atoms with Crippen molar-refractivity contribution >= 4 is 35.8 Å². The number of carbonyl (C=O) groups excluding carboxylic acids is 1. The summed E-state index contributed by atoms with van der Waals surface area (Å²) in [5.41, 5.74) is 2.75. The van der Waals surface area contributed by atoms with Crippen LogP contribution in [0.2, 0.25) is 0 Å². The van der Waals surface area contributed by atoms with E-state index in [-0.39, 0.29) is 42.2 Å². The SMILES string of the molecule is CN(C)C(=O)CNC(=NCc1ccn(-c2ccc(F)cc2)n1)NCCc1ccccc1.I. The van der Waals surface area contributed by atoms with Crippen molar-refractivity contribution in [2.75, 3.05) is 27.2 Å². The summed E-state index contributed by atoms with van der Waals surface area (Å²) < 4.78 is 14.8. The zero-order chi connectivity index (χ0) is 22.1. The molecule has 170 valence electrons.